The maximum Gasteiger partial charge on any atom is 0.264 e. The Hall–Kier alpha value is -6.15. The SMILES string of the molecule is CCn1cnnc1-c1cccc(N2Cc3c(cc(N4CCC[C@H]4C)nc3CN(C)CCOCCOCCN3CCN(c4cccc5c4C(=O)N(C4CCC(=O)NC4=O)C5=O)CC3)C2=O)n1. The number of nitrogens with one attached hydrogen (secondary N) is 1. The molecule has 5 aliphatic heterocycles. The van der Waals surface area contributed by atoms with Crippen LogP contribution in [0, 0.1) is 0 Å². The van der Waals surface area contributed by atoms with Crippen LogP contribution in [0.3, 0.4) is 0 Å². The van der Waals surface area contributed by atoms with E-state index in [1.165, 1.54) is 0 Å². The summed E-state index contributed by atoms with van der Waals surface area (Å²) in [5, 5.41) is 10.6. The molecule has 0 saturated carbocycles. The van der Waals surface area contributed by atoms with Crippen LogP contribution in [0.25, 0.3) is 11.5 Å². The van der Waals surface area contributed by atoms with Crippen molar-refractivity contribution >= 4 is 46.9 Å². The first kappa shape index (κ1) is 44.1. The van der Waals surface area contributed by atoms with Gasteiger partial charge in [-0.25, -0.2) is 9.97 Å². The van der Waals surface area contributed by atoms with Gasteiger partial charge in [0.25, 0.3) is 17.7 Å². The molecule has 5 aliphatic rings. The van der Waals surface area contributed by atoms with Crippen LogP contribution in [0.15, 0.2) is 48.8 Å². The monoisotopic (exact) mass is 888 g/mol. The quantitative estimate of drug-likeness (QED) is 0.120. The fourth-order valence-corrected chi connectivity index (χ4v) is 9.52. The fourth-order valence-electron chi connectivity index (χ4n) is 9.52. The first-order valence-electron chi connectivity index (χ1n) is 22.7. The first-order chi connectivity index (χ1) is 31.6. The Labute approximate surface area is 377 Å². The highest BCUT2D eigenvalue weighted by molar-refractivity contribution is 6.25. The summed E-state index contributed by atoms with van der Waals surface area (Å²) in [5.74, 6) is -0.0268. The van der Waals surface area contributed by atoms with Crippen LogP contribution < -0.4 is 20.0 Å². The van der Waals surface area contributed by atoms with Crippen molar-refractivity contribution in [2.24, 2.45) is 0 Å². The molecule has 342 valence electrons. The van der Waals surface area contributed by atoms with E-state index in [-0.39, 0.29) is 24.3 Å². The minimum absolute atomic E-state index is 0.0794. The third-order valence-corrected chi connectivity index (χ3v) is 13.2. The van der Waals surface area contributed by atoms with E-state index in [0.29, 0.717) is 106 Å². The average Bonchev–Trinajstić information content (AvgIpc) is 4.10. The fraction of sp³-hybridized carbons (Fsp3) is 0.500. The molecule has 65 heavy (non-hydrogen) atoms. The van der Waals surface area contributed by atoms with Crippen LogP contribution in [0.4, 0.5) is 17.3 Å². The molecule has 0 aliphatic carbocycles. The Morgan fingerprint density at radius 2 is 1.65 bits per heavy atom. The molecular weight excluding hydrogens is 833 g/mol. The van der Waals surface area contributed by atoms with Gasteiger partial charge in [0.2, 0.25) is 11.8 Å². The van der Waals surface area contributed by atoms with Gasteiger partial charge >= 0.3 is 0 Å². The summed E-state index contributed by atoms with van der Waals surface area (Å²) in [6.45, 7) is 13.0. The molecule has 1 aromatic carbocycles. The largest absolute Gasteiger partial charge is 0.378 e. The zero-order chi connectivity index (χ0) is 45.2. The van der Waals surface area contributed by atoms with Crippen molar-refractivity contribution in [3.8, 4) is 11.5 Å². The normalized spacial score (nSPS) is 20.2. The molecule has 5 amide bonds. The number of aromatic nitrogens is 5. The van der Waals surface area contributed by atoms with Crippen molar-refractivity contribution in [3.05, 3.63) is 76.7 Å². The van der Waals surface area contributed by atoms with E-state index in [1.807, 2.05) is 48.9 Å². The molecule has 1 N–H and O–H groups in total. The first-order valence-corrected chi connectivity index (χ1v) is 22.7. The summed E-state index contributed by atoms with van der Waals surface area (Å²) in [4.78, 5) is 87.0. The number of benzene rings is 1. The van der Waals surface area contributed by atoms with Crippen molar-refractivity contribution in [3.63, 3.8) is 0 Å². The number of imide groups is 2. The Morgan fingerprint density at radius 1 is 0.846 bits per heavy atom. The smallest absolute Gasteiger partial charge is 0.264 e. The zero-order valence-corrected chi connectivity index (χ0v) is 37.3. The summed E-state index contributed by atoms with van der Waals surface area (Å²) in [6, 6.07) is 12.2. The van der Waals surface area contributed by atoms with Crippen LogP contribution in [0.1, 0.15) is 81.9 Å². The van der Waals surface area contributed by atoms with Crippen LogP contribution >= 0.6 is 0 Å². The van der Waals surface area contributed by atoms with Crippen molar-refractivity contribution < 1.29 is 33.4 Å². The highest BCUT2D eigenvalue weighted by Crippen LogP contribution is 2.36. The average molecular weight is 889 g/mol. The number of nitrogens with zero attached hydrogens (tertiary/aromatic N) is 11. The second-order valence-corrected chi connectivity index (χ2v) is 17.3. The lowest BCUT2D eigenvalue weighted by molar-refractivity contribution is -0.136. The maximum atomic E-state index is 14.1. The van der Waals surface area contributed by atoms with Crippen molar-refractivity contribution in [2.75, 3.05) is 94.0 Å². The topological polar surface area (TPSA) is 192 Å². The lowest BCUT2D eigenvalue weighted by Crippen LogP contribution is -2.54. The molecule has 0 bridgehead atoms. The van der Waals surface area contributed by atoms with E-state index in [9.17, 15) is 24.0 Å². The van der Waals surface area contributed by atoms with Gasteiger partial charge in [0.15, 0.2) is 5.82 Å². The third-order valence-electron chi connectivity index (χ3n) is 13.2. The predicted octanol–water partition coefficient (Wildman–Crippen LogP) is 2.59. The number of hydrogen-bond donors (Lipinski definition) is 1. The Kier molecular flexibility index (Phi) is 13.0. The van der Waals surface area contributed by atoms with Gasteiger partial charge in [0, 0.05) is 76.9 Å². The highest BCUT2D eigenvalue weighted by atomic mass is 16.5. The number of pyridine rings is 2. The van der Waals surface area contributed by atoms with Gasteiger partial charge in [-0.05, 0) is 70.5 Å². The number of rotatable bonds is 17. The number of likely N-dealkylation sites (N-methyl/N-ethyl adjacent to an activating group) is 1. The van der Waals surface area contributed by atoms with Crippen LogP contribution in [0.2, 0.25) is 0 Å². The maximum absolute atomic E-state index is 14.1. The van der Waals surface area contributed by atoms with E-state index in [2.05, 4.69) is 42.0 Å². The molecule has 19 nitrogen and oxygen atoms in total. The molecule has 1 unspecified atom stereocenters. The minimum Gasteiger partial charge on any atom is -0.378 e. The third kappa shape index (κ3) is 8.97. The number of carbonyl (C=O) groups is 5. The molecule has 19 heteroatoms. The summed E-state index contributed by atoms with van der Waals surface area (Å²) in [7, 11) is 2.04. The van der Waals surface area contributed by atoms with E-state index in [1.54, 1.807) is 23.4 Å². The van der Waals surface area contributed by atoms with E-state index in [0.717, 1.165) is 61.0 Å². The van der Waals surface area contributed by atoms with Gasteiger partial charge in [-0.1, -0.05) is 12.1 Å². The number of piperazine rings is 1. The number of amides is 5. The minimum atomic E-state index is -0.996. The van der Waals surface area contributed by atoms with E-state index < -0.39 is 29.7 Å². The van der Waals surface area contributed by atoms with Crippen LogP contribution in [-0.2, 0) is 38.7 Å². The molecule has 2 atom stereocenters. The lowest BCUT2D eigenvalue weighted by Gasteiger charge is -2.36. The number of fused-ring (bicyclic) bond motifs is 2. The number of anilines is 3. The molecule has 3 fully saturated rings. The molecular formula is C46H56N12O7. The zero-order valence-electron chi connectivity index (χ0n) is 37.3. The van der Waals surface area contributed by atoms with Gasteiger partial charge in [0.1, 0.15) is 29.7 Å². The van der Waals surface area contributed by atoms with Crippen LogP contribution in [0.5, 0.6) is 0 Å². The number of aryl methyl sites for hydroxylation is 1. The number of carbonyl (C=O) groups excluding carboxylic acids is 5. The molecule has 4 aromatic rings. The number of ether oxygens (including phenoxy) is 2. The van der Waals surface area contributed by atoms with E-state index in [4.69, 9.17) is 19.4 Å². The van der Waals surface area contributed by atoms with Gasteiger partial charge in [0.05, 0.1) is 61.0 Å². The second-order valence-electron chi connectivity index (χ2n) is 17.3. The Morgan fingerprint density at radius 3 is 2.42 bits per heavy atom. The summed E-state index contributed by atoms with van der Waals surface area (Å²) >= 11 is 0. The Bertz CT molecular complexity index is 2470. The standard InChI is InChI=1S/C46H56N12O7/c1-4-54-29-47-51-42(54)34-10-6-12-38(48-34)57-27-33-32(44(57)61)26-39(56-15-7-8-30(56)2)49-35(33)28-52(3)20-22-64-24-25-65-23-21-53-16-18-55(19-17-53)36-11-5-9-31-41(36)46(63)58(45(31)62)37-13-14-40(59)50-43(37)60/h5-6,9-12,26,29-30,37H,4,7-8,13-25,27-28H2,1-3H3,(H,50,59,60)/t30-,37?/m1/s1. The molecule has 8 heterocycles. The highest BCUT2D eigenvalue weighted by Gasteiger charge is 2.46. The molecule has 3 aromatic heterocycles. The van der Waals surface area contributed by atoms with Gasteiger partial charge in [-0.3, -0.25) is 48.9 Å². The van der Waals surface area contributed by atoms with Gasteiger partial charge in [-0.15, -0.1) is 10.2 Å². The van der Waals surface area contributed by atoms with Crippen LogP contribution in [-0.4, -0.2) is 160 Å². The van der Waals surface area contributed by atoms with Gasteiger partial charge in [-0.2, -0.15) is 0 Å². The molecule has 0 radical (unpaired) electrons. The summed E-state index contributed by atoms with van der Waals surface area (Å²) in [6.07, 6.45) is 4.07. The number of piperidine rings is 1. The van der Waals surface area contributed by atoms with Crippen molar-refractivity contribution in [1.82, 2.24) is 44.7 Å². The van der Waals surface area contributed by atoms with E-state index >= 15 is 0 Å². The van der Waals surface area contributed by atoms with Crippen molar-refractivity contribution in [2.45, 2.75) is 71.2 Å². The summed E-state index contributed by atoms with van der Waals surface area (Å²) < 4.78 is 13.8. The molecule has 3 saturated heterocycles. The molecule has 0 spiro atoms. The summed E-state index contributed by atoms with van der Waals surface area (Å²) in [5.41, 5.74) is 4.43. The lowest BCUT2D eigenvalue weighted by atomic mass is 10.0. The number of hydrogen-bond acceptors (Lipinski definition) is 15. The van der Waals surface area contributed by atoms with Crippen molar-refractivity contribution in [1.29, 1.82) is 0 Å². The predicted molar refractivity (Wildman–Crippen MR) is 239 cm³/mol. The molecule has 9 rings (SSSR count). The Balaban J connectivity index is 0.727. The second kappa shape index (κ2) is 19.1. The van der Waals surface area contributed by atoms with Gasteiger partial charge < -0.3 is 23.8 Å².